The van der Waals surface area contributed by atoms with Crippen LogP contribution in [-0.2, 0) is 0 Å². The summed E-state index contributed by atoms with van der Waals surface area (Å²) in [5, 5.41) is 15.1. The number of pyridine rings is 1. The minimum Gasteiger partial charge on any atom is -0.491 e. The summed E-state index contributed by atoms with van der Waals surface area (Å²) in [6, 6.07) is 19.6. The molecule has 11 heteroatoms. The molecule has 3 heterocycles. The Morgan fingerprint density at radius 3 is 2.55 bits per heavy atom. The highest BCUT2D eigenvalue weighted by atomic mass is 16.5. The van der Waals surface area contributed by atoms with Crippen LogP contribution < -0.4 is 26.0 Å². The third-order valence-electron chi connectivity index (χ3n) is 9.41. The Balaban J connectivity index is 1.14. The smallest absolute Gasteiger partial charge is 0.320 e. The van der Waals surface area contributed by atoms with E-state index in [1.165, 1.54) is 5.56 Å². The molecule has 49 heavy (non-hydrogen) atoms. The van der Waals surface area contributed by atoms with Crippen LogP contribution in [0.15, 0.2) is 83.6 Å². The van der Waals surface area contributed by atoms with Gasteiger partial charge in [0.1, 0.15) is 11.6 Å². The molecule has 0 spiro atoms. The van der Waals surface area contributed by atoms with E-state index >= 15 is 0 Å². The molecular weight excluding hydrogens is 614 g/mol. The van der Waals surface area contributed by atoms with Gasteiger partial charge in [0.2, 0.25) is 5.95 Å². The molecule has 0 unspecified atom stereocenters. The molecule has 6 rings (SSSR count). The second-order valence-corrected chi connectivity index (χ2v) is 14.3. The zero-order chi connectivity index (χ0) is 34.5. The molecule has 4 aromatic rings. The highest BCUT2D eigenvalue weighted by Crippen LogP contribution is 2.38. The van der Waals surface area contributed by atoms with E-state index < -0.39 is 0 Å². The first kappa shape index (κ1) is 34.0. The molecule has 0 saturated carbocycles. The molecule has 1 aliphatic heterocycles. The van der Waals surface area contributed by atoms with Crippen LogP contribution in [0.5, 0.6) is 5.75 Å². The van der Waals surface area contributed by atoms with Gasteiger partial charge < -0.3 is 25.6 Å². The summed E-state index contributed by atoms with van der Waals surface area (Å²) in [6.07, 6.45) is 6.48. The summed E-state index contributed by atoms with van der Waals surface area (Å²) in [7, 11) is 2.16. The number of hydrogen-bond donors (Lipinski definition) is 3. The lowest BCUT2D eigenvalue weighted by Gasteiger charge is -2.32. The zero-order valence-corrected chi connectivity index (χ0v) is 29.3. The normalized spacial score (nSPS) is 19.3. The molecule has 0 bridgehead atoms. The number of urea groups is 1. The summed E-state index contributed by atoms with van der Waals surface area (Å²) in [6.45, 7) is 12.6. The number of aromatic nitrogens is 3. The molecule has 2 amide bonds. The van der Waals surface area contributed by atoms with E-state index in [0.29, 0.717) is 18.1 Å². The lowest BCUT2D eigenvalue weighted by Crippen LogP contribution is -2.42. The maximum Gasteiger partial charge on any atom is 0.320 e. The number of ether oxygens (including phenoxy) is 1. The molecule has 1 saturated heterocycles. The van der Waals surface area contributed by atoms with E-state index in [0.717, 1.165) is 79.6 Å². The monoisotopic (exact) mass is 663 g/mol. The van der Waals surface area contributed by atoms with Gasteiger partial charge in [-0.25, -0.2) is 9.79 Å². The quantitative estimate of drug-likeness (QED) is 0.161. The van der Waals surface area contributed by atoms with Gasteiger partial charge in [-0.05, 0) is 75.2 Å². The van der Waals surface area contributed by atoms with Crippen LogP contribution >= 0.6 is 0 Å². The standard InChI is InChI=1S/C38H49N9O2/c1-26-11-14-28(15-12-26)40-34(23-33(39)38(2,3)4)42-36(48)41-32-17-13-27(30-9-6-7-10-31(30)32)25-49-29-16-18-35-43-44-37(47(35)24-29)46-20-8-19-45(5)21-22-46/h6-7,9-12,14-16,18,23-24,27,32H,8,13,17,19-22,25,39H2,1-5H3,(H2,40,41,42,48)/b33-23-/t27-,32-/m0/s1. The van der Waals surface area contributed by atoms with E-state index in [1.54, 1.807) is 6.08 Å². The van der Waals surface area contributed by atoms with Crippen LogP contribution in [-0.4, -0.2) is 71.2 Å². The lowest BCUT2D eigenvalue weighted by molar-refractivity contribution is 0.235. The second-order valence-electron chi connectivity index (χ2n) is 14.3. The minimum absolute atomic E-state index is 0.152. The molecule has 0 radical (unpaired) electrons. The molecule has 11 nitrogen and oxygen atoms in total. The number of aryl methyl sites for hydroxylation is 1. The average Bonchev–Trinajstić information content (AvgIpc) is 3.37. The van der Waals surface area contributed by atoms with Crippen LogP contribution in [0.1, 0.15) is 68.7 Å². The fourth-order valence-electron chi connectivity index (χ4n) is 6.33. The molecule has 258 valence electrons. The largest absolute Gasteiger partial charge is 0.491 e. The number of amides is 2. The number of amidine groups is 1. The average molecular weight is 664 g/mol. The Morgan fingerprint density at radius 2 is 1.78 bits per heavy atom. The van der Waals surface area contributed by atoms with Crippen LogP contribution in [0.25, 0.3) is 5.65 Å². The van der Waals surface area contributed by atoms with Crippen molar-refractivity contribution >= 4 is 29.1 Å². The summed E-state index contributed by atoms with van der Waals surface area (Å²) >= 11 is 0. The van der Waals surface area contributed by atoms with Gasteiger partial charge in [-0.2, -0.15) is 0 Å². The zero-order valence-electron chi connectivity index (χ0n) is 29.3. The predicted molar refractivity (Wildman–Crippen MR) is 196 cm³/mol. The van der Waals surface area contributed by atoms with Gasteiger partial charge in [0.25, 0.3) is 0 Å². The van der Waals surface area contributed by atoms with Crippen molar-refractivity contribution in [3.63, 3.8) is 0 Å². The van der Waals surface area contributed by atoms with Gasteiger partial charge in [-0.15, -0.1) is 10.2 Å². The van der Waals surface area contributed by atoms with Gasteiger partial charge in [0, 0.05) is 42.7 Å². The van der Waals surface area contributed by atoms with Crippen LogP contribution in [0.2, 0.25) is 0 Å². The van der Waals surface area contributed by atoms with E-state index in [-0.39, 0.29) is 23.4 Å². The number of carbonyl (C=O) groups is 1. The number of benzene rings is 2. The number of fused-ring (bicyclic) bond motifs is 2. The molecule has 2 atom stereocenters. The third-order valence-corrected chi connectivity index (χ3v) is 9.41. The summed E-state index contributed by atoms with van der Waals surface area (Å²) < 4.78 is 8.46. The van der Waals surface area contributed by atoms with Gasteiger partial charge in [0.15, 0.2) is 5.65 Å². The van der Waals surface area contributed by atoms with Crippen molar-refractivity contribution < 1.29 is 9.53 Å². The fourth-order valence-corrected chi connectivity index (χ4v) is 6.33. The van der Waals surface area contributed by atoms with E-state index in [9.17, 15) is 4.79 Å². The summed E-state index contributed by atoms with van der Waals surface area (Å²) in [5.74, 6) is 2.21. The van der Waals surface area contributed by atoms with Gasteiger partial charge in [0.05, 0.1) is 24.5 Å². The van der Waals surface area contributed by atoms with Crippen LogP contribution in [0.4, 0.5) is 16.4 Å². The van der Waals surface area contributed by atoms with Crippen LogP contribution in [0.3, 0.4) is 0 Å². The Bertz CT molecular complexity index is 1820. The summed E-state index contributed by atoms with van der Waals surface area (Å²) in [4.78, 5) is 22.8. The maximum absolute atomic E-state index is 13.4. The van der Waals surface area contributed by atoms with Crippen molar-refractivity contribution in [3.8, 4) is 5.75 Å². The van der Waals surface area contributed by atoms with E-state index in [1.807, 2.05) is 80.8 Å². The Morgan fingerprint density at radius 1 is 1.00 bits per heavy atom. The van der Waals surface area contributed by atoms with Crippen molar-refractivity contribution in [2.45, 2.75) is 58.9 Å². The van der Waals surface area contributed by atoms with Crippen molar-refractivity contribution in [1.29, 1.82) is 0 Å². The molecule has 4 N–H and O–H groups in total. The number of likely N-dealkylation sites (N-methyl/N-ethyl adjacent to an activating group) is 1. The maximum atomic E-state index is 13.4. The highest BCUT2D eigenvalue weighted by Gasteiger charge is 2.29. The number of nitrogens with one attached hydrogen (secondary N) is 2. The van der Waals surface area contributed by atoms with Crippen molar-refractivity contribution in [3.05, 3.63) is 95.3 Å². The Labute approximate surface area is 289 Å². The molecule has 2 aromatic heterocycles. The Kier molecular flexibility index (Phi) is 10.2. The number of nitrogens with zero attached hydrogens (tertiary/aromatic N) is 6. The van der Waals surface area contributed by atoms with Crippen LogP contribution in [0, 0.1) is 12.3 Å². The first-order chi connectivity index (χ1) is 23.5. The Hall–Kier alpha value is -4.90. The predicted octanol–water partition coefficient (Wildman–Crippen LogP) is 6.10. The highest BCUT2D eigenvalue weighted by molar-refractivity contribution is 6.05. The van der Waals surface area contributed by atoms with E-state index in [4.69, 9.17) is 15.5 Å². The number of carbonyl (C=O) groups excluding carboxylic acids is 1. The summed E-state index contributed by atoms with van der Waals surface area (Å²) in [5.41, 5.74) is 11.7. The number of allylic oxidation sites excluding steroid dienone is 1. The van der Waals surface area contributed by atoms with Gasteiger partial charge >= 0.3 is 6.03 Å². The third kappa shape index (κ3) is 8.40. The first-order valence-electron chi connectivity index (χ1n) is 17.2. The van der Waals surface area contributed by atoms with Crippen molar-refractivity contribution in [2.24, 2.45) is 16.1 Å². The first-order valence-corrected chi connectivity index (χ1v) is 17.2. The van der Waals surface area contributed by atoms with Crippen molar-refractivity contribution in [1.82, 2.24) is 30.1 Å². The van der Waals surface area contributed by atoms with Gasteiger partial charge in [-0.3, -0.25) is 9.72 Å². The number of aliphatic imine (C=N–C) groups is 1. The van der Waals surface area contributed by atoms with E-state index in [2.05, 4.69) is 55.9 Å². The second kappa shape index (κ2) is 14.7. The molecular formula is C38H49N9O2. The fraction of sp³-hybridized carbons (Fsp3) is 0.421. The topological polar surface area (TPSA) is 125 Å². The SMILES string of the molecule is Cc1ccc(N=C(/C=C(\N)C(C)(C)C)NC(=O)N[C@H]2CC[C@@H](COc3ccc4nnc(N5CCCN(C)CC5)n4c3)c3ccccc32)cc1. The number of nitrogens with two attached hydrogens (primary N) is 1. The molecule has 1 fully saturated rings. The lowest BCUT2D eigenvalue weighted by atomic mass is 9.80. The molecule has 2 aliphatic rings. The van der Waals surface area contributed by atoms with Crippen molar-refractivity contribution in [2.75, 3.05) is 44.7 Å². The minimum atomic E-state index is -0.326. The van der Waals surface area contributed by atoms with Gasteiger partial charge in [-0.1, -0.05) is 62.7 Å². The number of anilines is 1. The number of rotatable bonds is 7. The molecule has 2 aromatic carbocycles. The number of hydrogen-bond acceptors (Lipinski definition) is 8. The molecule has 1 aliphatic carbocycles.